The van der Waals surface area contributed by atoms with Crippen molar-refractivity contribution in [3.8, 4) is 0 Å². The topological polar surface area (TPSA) is 88.8 Å². The maximum atomic E-state index is 13.2. The number of nitrogens with zero attached hydrogens (tertiary/aromatic N) is 3. The molecule has 0 unspecified atom stereocenters. The fourth-order valence-corrected chi connectivity index (χ4v) is 5.36. The van der Waals surface area contributed by atoms with Gasteiger partial charge >= 0.3 is 0 Å². The molecule has 2 aliphatic rings. The molecule has 2 aromatic rings. The Bertz CT molecular complexity index is 920. The summed E-state index contributed by atoms with van der Waals surface area (Å²) >= 11 is 1.33. The monoisotopic (exact) mass is 416 g/mol. The smallest absolute Gasteiger partial charge is 0.265 e. The number of likely N-dealkylation sites (tertiary alicyclic amines) is 1. The van der Waals surface area contributed by atoms with Gasteiger partial charge in [0.05, 0.1) is 17.4 Å². The van der Waals surface area contributed by atoms with Gasteiger partial charge in [0.25, 0.3) is 5.91 Å². The van der Waals surface area contributed by atoms with Crippen molar-refractivity contribution in [2.75, 3.05) is 39.6 Å². The molecule has 2 aliphatic heterocycles. The van der Waals surface area contributed by atoms with Crippen molar-refractivity contribution < 1.29 is 14.3 Å². The number of ether oxygens (including phenoxy) is 1. The van der Waals surface area contributed by atoms with Crippen LogP contribution in [0.4, 0.5) is 5.69 Å². The van der Waals surface area contributed by atoms with E-state index in [1.54, 1.807) is 14.1 Å². The number of pyridine rings is 1. The van der Waals surface area contributed by atoms with E-state index in [9.17, 15) is 9.59 Å². The van der Waals surface area contributed by atoms with Gasteiger partial charge in [0.15, 0.2) is 0 Å². The fraction of sp³-hybridized carbons (Fsp3) is 0.571. The SMILES string of the molecule is CN(C)C(=O)c1sc2nc([C@@H]3CCCCN3C(=O)C3CCOCC3)ccc2c1N. The Morgan fingerprint density at radius 3 is 2.69 bits per heavy atom. The highest BCUT2D eigenvalue weighted by atomic mass is 32.1. The summed E-state index contributed by atoms with van der Waals surface area (Å²) in [6.07, 6.45) is 4.62. The summed E-state index contributed by atoms with van der Waals surface area (Å²) < 4.78 is 5.42. The maximum Gasteiger partial charge on any atom is 0.265 e. The van der Waals surface area contributed by atoms with Gasteiger partial charge in [-0.3, -0.25) is 9.59 Å². The first kappa shape index (κ1) is 20.1. The molecular weight excluding hydrogens is 388 g/mol. The van der Waals surface area contributed by atoms with Gasteiger partial charge in [-0.05, 0) is 44.2 Å². The van der Waals surface area contributed by atoms with E-state index in [1.807, 2.05) is 17.0 Å². The molecule has 2 amide bonds. The lowest BCUT2D eigenvalue weighted by atomic mass is 9.93. The number of rotatable bonds is 3. The van der Waals surface area contributed by atoms with Gasteiger partial charge in [-0.1, -0.05) is 0 Å². The third-order valence-corrected chi connectivity index (χ3v) is 7.02. The molecule has 4 rings (SSSR count). The zero-order valence-corrected chi connectivity index (χ0v) is 17.8. The molecule has 7 nitrogen and oxygen atoms in total. The Hall–Kier alpha value is -2.19. The van der Waals surface area contributed by atoms with Crippen molar-refractivity contribution in [3.05, 3.63) is 22.7 Å². The normalized spacial score (nSPS) is 20.8. The molecule has 0 spiro atoms. The van der Waals surface area contributed by atoms with Crippen LogP contribution < -0.4 is 5.73 Å². The molecule has 4 heterocycles. The van der Waals surface area contributed by atoms with Crippen LogP contribution in [0.2, 0.25) is 0 Å². The zero-order valence-electron chi connectivity index (χ0n) is 17.0. The predicted octanol–water partition coefficient (Wildman–Crippen LogP) is 3.06. The number of anilines is 1. The molecular formula is C21H28N4O3S. The second-order valence-electron chi connectivity index (χ2n) is 8.06. The van der Waals surface area contributed by atoms with Crippen molar-refractivity contribution in [2.45, 2.75) is 38.1 Å². The van der Waals surface area contributed by atoms with Crippen LogP contribution in [-0.4, -0.2) is 60.5 Å². The van der Waals surface area contributed by atoms with Gasteiger partial charge in [0.1, 0.15) is 9.71 Å². The second-order valence-corrected chi connectivity index (χ2v) is 9.06. The van der Waals surface area contributed by atoms with Crippen LogP contribution in [-0.2, 0) is 9.53 Å². The standard InChI is InChI=1S/C21H28N4O3S/c1-24(2)21(27)18-17(22)14-6-7-15(23-19(14)29-18)16-5-3-4-10-25(16)20(26)13-8-11-28-12-9-13/h6-7,13,16H,3-5,8-12,22H2,1-2H3/t16-/m0/s1. The van der Waals surface area contributed by atoms with Crippen LogP contribution in [0.1, 0.15) is 53.5 Å². The minimum absolute atomic E-state index is 0.0141. The third-order valence-electron chi connectivity index (χ3n) is 5.91. The highest BCUT2D eigenvalue weighted by Gasteiger charge is 2.34. The van der Waals surface area contributed by atoms with E-state index >= 15 is 0 Å². The quantitative estimate of drug-likeness (QED) is 0.831. The first-order valence-corrected chi connectivity index (χ1v) is 11.1. The van der Waals surface area contributed by atoms with Crippen LogP contribution in [0.15, 0.2) is 12.1 Å². The number of aromatic nitrogens is 1. The third kappa shape index (κ3) is 3.83. The maximum absolute atomic E-state index is 13.2. The summed E-state index contributed by atoms with van der Waals surface area (Å²) in [6, 6.07) is 3.90. The summed E-state index contributed by atoms with van der Waals surface area (Å²) in [6.45, 7) is 2.10. The van der Waals surface area contributed by atoms with E-state index in [0.717, 1.165) is 54.6 Å². The summed E-state index contributed by atoms with van der Waals surface area (Å²) in [5, 5.41) is 0.807. The molecule has 0 radical (unpaired) electrons. The summed E-state index contributed by atoms with van der Waals surface area (Å²) in [5.74, 6) is 0.171. The molecule has 29 heavy (non-hydrogen) atoms. The van der Waals surface area contributed by atoms with Crippen molar-refractivity contribution in [2.24, 2.45) is 5.92 Å². The molecule has 0 aliphatic carbocycles. The summed E-state index contributed by atoms with van der Waals surface area (Å²) in [7, 11) is 3.43. The molecule has 2 saturated heterocycles. The molecule has 2 aromatic heterocycles. The van der Waals surface area contributed by atoms with Crippen LogP contribution in [0.3, 0.4) is 0 Å². The number of hydrogen-bond donors (Lipinski definition) is 1. The van der Waals surface area contributed by atoms with Gasteiger partial charge in [-0.25, -0.2) is 4.98 Å². The van der Waals surface area contributed by atoms with Crippen molar-refractivity contribution in [1.82, 2.24) is 14.8 Å². The molecule has 8 heteroatoms. The lowest BCUT2D eigenvalue weighted by Gasteiger charge is -2.38. The van der Waals surface area contributed by atoms with Crippen molar-refractivity contribution in [3.63, 3.8) is 0 Å². The van der Waals surface area contributed by atoms with Crippen LogP contribution in [0.25, 0.3) is 10.2 Å². The van der Waals surface area contributed by atoms with Gasteiger partial charge in [-0.2, -0.15) is 0 Å². The molecule has 1 atom stereocenters. The van der Waals surface area contributed by atoms with Crippen molar-refractivity contribution >= 4 is 39.1 Å². The van der Waals surface area contributed by atoms with Crippen LogP contribution >= 0.6 is 11.3 Å². The van der Waals surface area contributed by atoms with Gasteiger partial charge in [0.2, 0.25) is 5.91 Å². The Morgan fingerprint density at radius 2 is 1.97 bits per heavy atom. The highest BCUT2D eigenvalue weighted by molar-refractivity contribution is 7.21. The highest BCUT2D eigenvalue weighted by Crippen LogP contribution is 2.37. The summed E-state index contributed by atoms with van der Waals surface area (Å²) in [4.78, 5) is 35.3. The Labute approximate surface area is 174 Å². The molecule has 0 aromatic carbocycles. The van der Waals surface area contributed by atoms with E-state index < -0.39 is 0 Å². The molecule has 156 valence electrons. The van der Waals surface area contributed by atoms with Crippen LogP contribution in [0, 0.1) is 5.92 Å². The zero-order chi connectivity index (χ0) is 20.5. The molecule has 2 N–H and O–H groups in total. The number of amides is 2. The van der Waals surface area contributed by atoms with Crippen LogP contribution in [0.5, 0.6) is 0 Å². The van der Waals surface area contributed by atoms with E-state index in [0.29, 0.717) is 23.8 Å². The van der Waals surface area contributed by atoms with Crippen molar-refractivity contribution in [1.29, 1.82) is 0 Å². The lowest BCUT2D eigenvalue weighted by molar-refractivity contribution is -0.142. The number of piperidine rings is 1. The first-order chi connectivity index (χ1) is 14.0. The second kappa shape index (κ2) is 8.28. The Morgan fingerprint density at radius 1 is 1.21 bits per heavy atom. The Kier molecular flexibility index (Phi) is 5.74. The lowest BCUT2D eigenvalue weighted by Crippen LogP contribution is -2.43. The minimum atomic E-state index is -0.110. The molecule has 0 bridgehead atoms. The minimum Gasteiger partial charge on any atom is -0.397 e. The van der Waals surface area contributed by atoms with E-state index in [1.165, 1.54) is 16.2 Å². The summed E-state index contributed by atoms with van der Waals surface area (Å²) in [5.41, 5.74) is 7.60. The number of carbonyl (C=O) groups excluding carboxylic acids is 2. The average molecular weight is 417 g/mol. The largest absolute Gasteiger partial charge is 0.397 e. The number of nitrogen functional groups attached to an aromatic ring is 1. The molecule has 0 saturated carbocycles. The van der Waals surface area contributed by atoms with Gasteiger partial charge < -0.3 is 20.3 Å². The number of fused-ring (bicyclic) bond motifs is 1. The number of carbonyl (C=O) groups is 2. The molecule has 2 fully saturated rings. The predicted molar refractivity (Wildman–Crippen MR) is 114 cm³/mol. The van der Waals surface area contributed by atoms with E-state index in [-0.39, 0.29) is 23.8 Å². The fourth-order valence-electron chi connectivity index (χ4n) is 4.24. The van der Waals surface area contributed by atoms with E-state index in [4.69, 9.17) is 15.5 Å². The Balaban J connectivity index is 1.64. The number of thiophene rings is 1. The average Bonchev–Trinajstić information content (AvgIpc) is 3.09. The van der Waals surface area contributed by atoms with E-state index in [2.05, 4.69) is 0 Å². The van der Waals surface area contributed by atoms with Gasteiger partial charge in [-0.15, -0.1) is 11.3 Å². The van der Waals surface area contributed by atoms with Gasteiger partial charge in [0, 0.05) is 45.2 Å². The number of hydrogen-bond acceptors (Lipinski definition) is 6. The first-order valence-electron chi connectivity index (χ1n) is 10.3. The number of nitrogens with two attached hydrogens (primary N) is 1.